The van der Waals surface area contributed by atoms with Crippen LogP contribution in [-0.2, 0) is 23.4 Å². The van der Waals surface area contributed by atoms with E-state index in [0.717, 1.165) is 41.8 Å². The largest absolute Gasteiger partial charge is 0.451 e. The molecule has 10 heteroatoms. The smallest absolute Gasteiger partial charge is 0.287 e. The van der Waals surface area contributed by atoms with Crippen molar-refractivity contribution in [3.05, 3.63) is 63.5 Å². The summed E-state index contributed by atoms with van der Waals surface area (Å²) in [5, 5.41) is 5.88. The minimum absolute atomic E-state index is 0.0407. The van der Waals surface area contributed by atoms with Gasteiger partial charge in [-0.2, -0.15) is 0 Å². The molecule has 0 fully saturated rings. The predicted molar refractivity (Wildman–Crippen MR) is 129 cm³/mol. The van der Waals surface area contributed by atoms with Gasteiger partial charge in [0.05, 0.1) is 11.4 Å². The number of nitrogens with zero attached hydrogens (tertiary/aromatic N) is 2. The van der Waals surface area contributed by atoms with Crippen molar-refractivity contribution < 1.29 is 14.0 Å². The molecule has 0 bridgehead atoms. The van der Waals surface area contributed by atoms with Crippen LogP contribution < -0.4 is 16.2 Å². The minimum Gasteiger partial charge on any atom is -0.451 e. The molecule has 3 aromatic rings. The van der Waals surface area contributed by atoms with E-state index in [4.69, 9.17) is 4.42 Å². The maximum absolute atomic E-state index is 12.6. The van der Waals surface area contributed by atoms with Crippen molar-refractivity contribution >= 4 is 23.6 Å². The van der Waals surface area contributed by atoms with Crippen LogP contribution in [0.25, 0.3) is 11.3 Å². The van der Waals surface area contributed by atoms with Gasteiger partial charge in [-0.3, -0.25) is 19.4 Å². The average molecular weight is 482 g/mol. The van der Waals surface area contributed by atoms with Gasteiger partial charge < -0.3 is 20.0 Å². The van der Waals surface area contributed by atoms with Crippen molar-refractivity contribution in [2.45, 2.75) is 50.1 Å². The third kappa shape index (κ3) is 5.22. The summed E-state index contributed by atoms with van der Waals surface area (Å²) in [5.41, 5.74) is 3.23. The van der Waals surface area contributed by atoms with Crippen LogP contribution in [0.3, 0.4) is 0 Å². The normalized spacial score (nSPS) is 13.5. The number of likely N-dealkylation sites (N-methyl/N-ethyl adjacent to an activating group) is 1. The fraction of sp³-hybridized carbons (Fsp3) is 0.375. The van der Waals surface area contributed by atoms with E-state index in [9.17, 15) is 14.4 Å². The van der Waals surface area contributed by atoms with Crippen LogP contribution in [0.15, 0.2) is 44.8 Å². The number of thioether (sulfide) groups is 1. The number of amides is 2. The number of fused-ring (bicyclic) bond motifs is 1. The van der Waals surface area contributed by atoms with Gasteiger partial charge in [-0.05, 0) is 49.4 Å². The molecule has 0 aliphatic heterocycles. The summed E-state index contributed by atoms with van der Waals surface area (Å²) in [5.74, 6) is 0.401. The fourth-order valence-corrected chi connectivity index (χ4v) is 4.60. The maximum Gasteiger partial charge on any atom is 0.287 e. The number of aromatic amines is 1. The van der Waals surface area contributed by atoms with Crippen molar-refractivity contribution in [2.75, 3.05) is 7.05 Å². The number of pyridine rings is 1. The molecule has 0 unspecified atom stereocenters. The lowest BCUT2D eigenvalue weighted by atomic mass is 10.0. The molecule has 4 rings (SSSR count). The van der Waals surface area contributed by atoms with E-state index in [0.29, 0.717) is 16.7 Å². The molecule has 3 heterocycles. The molecule has 1 aliphatic rings. The molecule has 0 aromatic carbocycles. The lowest BCUT2D eigenvalue weighted by molar-refractivity contribution is -0.123. The summed E-state index contributed by atoms with van der Waals surface area (Å²) in [6, 6.07) is 6.36. The van der Waals surface area contributed by atoms with E-state index in [1.54, 1.807) is 18.3 Å². The Morgan fingerprint density at radius 2 is 2.03 bits per heavy atom. The van der Waals surface area contributed by atoms with Crippen molar-refractivity contribution in [1.82, 2.24) is 25.6 Å². The van der Waals surface area contributed by atoms with E-state index in [1.807, 2.05) is 26.0 Å². The van der Waals surface area contributed by atoms with Crippen LogP contribution in [0, 0.1) is 5.92 Å². The molecule has 1 atom stereocenters. The monoisotopic (exact) mass is 481 g/mol. The molecule has 34 heavy (non-hydrogen) atoms. The Kier molecular flexibility index (Phi) is 7.16. The van der Waals surface area contributed by atoms with Gasteiger partial charge in [-0.25, -0.2) is 4.98 Å². The van der Waals surface area contributed by atoms with Gasteiger partial charge in [0.2, 0.25) is 5.91 Å². The minimum atomic E-state index is -0.653. The zero-order valence-corrected chi connectivity index (χ0v) is 20.1. The first-order valence-electron chi connectivity index (χ1n) is 11.2. The summed E-state index contributed by atoms with van der Waals surface area (Å²) >= 11 is 1.44. The average Bonchev–Trinajstić information content (AvgIpc) is 3.51. The molecule has 1 aliphatic carbocycles. The topological polar surface area (TPSA) is 130 Å². The zero-order valence-electron chi connectivity index (χ0n) is 19.3. The van der Waals surface area contributed by atoms with E-state index >= 15 is 0 Å². The second-order valence-electron chi connectivity index (χ2n) is 8.45. The first-order chi connectivity index (χ1) is 16.4. The van der Waals surface area contributed by atoms with Gasteiger partial charge in [0.15, 0.2) is 10.9 Å². The molecule has 3 aromatic heterocycles. The fourth-order valence-electron chi connectivity index (χ4n) is 3.80. The van der Waals surface area contributed by atoms with Crippen LogP contribution in [0.1, 0.15) is 47.8 Å². The summed E-state index contributed by atoms with van der Waals surface area (Å²) in [7, 11) is 1.53. The Morgan fingerprint density at radius 3 is 2.74 bits per heavy atom. The highest BCUT2D eigenvalue weighted by Gasteiger charge is 2.25. The highest BCUT2D eigenvalue weighted by molar-refractivity contribution is 7.98. The third-order valence-electron chi connectivity index (χ3n) is 5.70. The van der Waals surface area contributed by atoms with E-state index in [1.165, 1.54) is 18.8 Å². The van der Waals surface area contributed by atoms with Crippen LogP contribution >= 0.6 is 11.8 Å². The molecular formula is C24H27N5O4S. The number of furan rings is 1. The number of carbonyl (C=O) groups is 2. The van der Waals surface area contributed by atoms with Crippen LogP contribution in [0.5, 0.6) is 0 Å². The van der Waals surface area contributed by atoms with Crippen molar-refractivity contribution in [3.63, 3.8) is 0 Å². The van der Waals surface area contributed by atoms with Gasteiger partial charge in [0.1, 0.15) is 11.8 Å². The Hall–Kier alpha value is -3.40. The van der Waals surface area contributed by atoms with Gasteiger partial charge in [0, 0.05) is 30.1 Å². The molecule has 0 saturated carbocycles. The van der Waals surface area contributed by atoms with Crippen molar-refractivity contribution in [2.24, 2.45) is 5.92 Å². The second kappa shape index (κ2) is 10.3. The standard InChI is InChI=1S/C24H27N5O4S/c1-13(2)20(23(32)25-3)28-22(31)19-10-9-18(33-19)14-7-8-15(26-11-14)12-34-24-27-17-6-4-5-16(17)21(30)29-24/h7-11,13,20H,4-6,12H2,1-3H3,(H,25,32)(H,28,31)(H,27,29,30)/t20-/m0/s1. The maximum atomic E-state index is 12.6. The van der Waals surface area contributed by atoms with Gasteiger partial charge in [0.25, 0.3) is 11.5 Å². The second-order valence-corrected chi connectivity index (χ2v) is 9.41. The molecule has 0 spiro atoms. The lowest BCUT2D eigenvalue weighted by Gasteiger charge is -2.19. The van der Waals surface area contributed by atoms with Gasteiger partial charge >= 0.3 is 0 Å². The number of nitrogens with one attached hydrogen (secondary N) is 3. The summed E-state index contributed by atoms with van der Waals surface area (Å²) in [6.07, 6.45) is 4.31. The Morgan fingerprint density at radius 1 is 1.21 bits per heavy atom. The molecular weight excluding hydrogens is 454 g/mol. The van der Waals surface area contributed by atoms with Crippen LogP contribution in [-0.4, -0.2) is 39.9 Å². The molecule has 0 saturated heterocycles. The molecule has 0 radical (unpaired) electrons. The van der Waals surface area contributed by atoms with Gasteiger partial charge in [-0.15, -0.1) is 0 Å². The number of H-pyrrole nitrogens is 1. The van der Waals surface area contributed by atoms with E-state index < -0.39 is 11.9 Å². The molecule has 178 valence electrons. The van der Waals surface area contributed by atoms with Crippen molar-refractivity contribution in [1.29, 1.82) is 0 Å². The number of carbonyl (C=O) groups excluding carboxylic acids is 2. The number of aryl methyl sites for hydroxylation is 1. The third-order valence-corrected chi connectivity index (χ3v) is 6.60. The number of rotatable bonds is 8. The zero-order chi connectivity index (χ0) is 24.2. The van der Waals surface area contributed by atoms with E-state index in [-0.39, 0.29) is 23.1 Å². The summed E-state index contributed by atoms with van der Waals surface area (Å²) in [4.78, 5) is 48.6. The molecule has 3 N–H and O–H groups in total. The lowest BCUT2D eigenvalue weighted by Crippen LogP contribution is -2.48. The molecule has 9 nitrogen and oxygen atoms in total. The predicted octanol–water partition coefficient (Wildman–Crippen LogP) is 2.71. The Bertz CT molecular complexity index is 1250. The quantitative estimate of drug-likeness (QED) is 0.333. The highest BCUT2D eigenvalue weighted by atomic mass is 32.2. The number of hydrogen-bond donors (Lipinski definition) is 3. The van der Waals surface area contributed by atoms with E-state index in [2.05, 4.69) is 25.6 Å². The molecule has 2 amide bonds. The highest BCUT2D eigenvalue weighted by Crippen LogP contribution is 2.25. The SMILES string of the molecule is CNC(=O)[C@@H](NC(=O)c1ccc(-c2ccc(CSc3nc4c(c(=O)[nH]3)CCC4)nc2)o1)C(C)C. The van der Waals surface area contributed by atoms with Crippen LogP contribution in [0.4, 0.5) is 0 Å². The Labute approximate surface area is 201 Å². The van der Waals surface area contributed by atoms with Crippen LogP contribution in [0.2, 0.25) is 0 Å². The number of aromatic nitrogens is 3. The first-order valence-corrected chi connectivity index (χ1v) is 12.2. The van der Waals surface area contributed by atoms with Gasteiger partial charge in [-0.1, -0.05) is 25.6 Å². The number of hydrogen-bond acceptors (Lipinski definition) is 7. The summed E-state index contributed by atoms with van der Waals surface area (Å²) in [6.45, 7) is 3.72. The Balaban J connectivity index is 1.39. The first kappa shape index (κ1) is 23.7. The summed E-state index contributed by atoms with van der Waals surface area (Å²) < 4.78 is 5.71. The van der Waals surface area contributed by atoms with Crippen molar-refractivity contribution in [3.8, 4) is 11.3 Å².